The van der Waals surface area contributed by atoms with Crippen molar-refractivity contribution < 1.29 is 4.74 Å². The van der Waals surface area contributed by atoms with E-state index in [1.165, 1.54) is 5.57 Å². The fraction of sp³-hybridized carbons (Fsp3) is 0.333. The molecule has 0 radical (unpaired) electrons. The van der Waals surface area contributed by atoms with Crippen molar-refractivity contribution in [1.82, 2.24) is 5.32 Å². The Balaban J connectivity index is 2.64. The van der Waals surface area contributed by atoms with Gasteiger partial charge in [0.05, 0.1) is 0 Å². The third-order valence-electron chi connectivity index (χ3n) is 2.30. The molecule has 96 valence electrons. The Kier molecular flexibility index (Phi) is 6.56. The molecule has 0 atom stereocenters. The lowest BCUT2D eigenvalue weighted by Gasteiger charge is -2.10. The summed E-state index contributed by atoms with van der Waals surface area (Å²) in [7, 11) is 0. The van der Waals surface area contributed by atoms with Gasteiger partial charge < -0.3 is 10.1 Å². The Morgan fingerprint density at radius 3 is 2.94 bits per heavy atom. The summed E-state index contributed by atoms with van der Waals surface area (Å²) in [4.78, 5) is 0. The number of rotatable bonds is 6. The number of hydrogen-bond donors (Lipinski definition) is 1. The number of benzene rings is 1. The second-order valence-corrected chi connectivity index (χ2v) is 5.07. The van der Waals surface area contributed by atoms with Crippen molar-refractivity contribution in [3.05, 3.63) is 39.9 Å². The van der Waals surface area contributed by atoms with Crippen LogP contribution in [0.2, 0.25) is 0 Å². The molecule has 1 aromatic rings. The summed E-state index contributed by atoms with van der Waals surface area (Å²) < 4.78 is 6.54. The van der Waals surface area contributed by atoms with Crippen LogP contribution in [-0.2, 0) is 6.54 Å². The molecule has 0 fully saturated rings. The quantitative estimate of drug-likeness (QED) is 0.493. The first-order valence-corrected chi connectivity index (χ1v) is 6.61. The largest absolute Gasteiger partial charge is 0.481 e. The number of allylic oxidation sites excluding steroid dienone is 1. The number of ether oxygens (including phenoxy) is 1. The lowest BCUT2D eigenvalue weighted by Crippen LogP contribution is -2.14. The summed E-state index contributed by atoms with van der Waals surface area (Å²) in [6, 6.07) is 5.92. The molecule has 1 N–H and O–H groups in total. The first kappa shape index (κ1) is 14.8. The number of terminal acetylenes is 1. The minimum atomic E-state index is 0.294. The molecule has 2 nitrogen and oxygen atoms in total. The predicted molar refractivity (Wildman–Crippen MR) is 79.6 cm³/mol. The highest BCUT2D eigenvalue weighted by atomic mass is 79.9. The van der Waals surface area contributed by atoms with Crippen molar-refractivity contribution in [3.8, 4) is 18.1 Å². The van der Waals surface area contributed by atoms with Crippen molar-refractivity contribution >= 4 is 15.9 Å². The highest BCUT2D eigenvalue weighted by Gasteiger charge is 2.03. The highest BCUT2D eigenvalue weighted by Crippen LogP contribution is 2.23. The Bertz CT molecular complexity index is 456. The maximum Gasteiger partial charge on any atom is 0.148 e. The average molecular weight is 308 g/mol. The molecule has 0 amide bonds. The van der Waals surface area contributed by atoms with Crippen LogP contribution in [0.25, 0.3) is 0 Å². The van der Waals surface area contributed by atoms with E-state index in [1.54, 1.807) is 0 Å². The Morgan fingerprint density at radius 2 is 2.28 bits per heavy atom. The van der Waals surface area contributed by atoms with Gasteiger partial charge in [0, 0.05) is 23.1 Å². The molecule has 0 heterocycles. The summed E-state index contributed by atoms with van der Waals surface area (Å²) in [6.07, 6.45) is 7.36. The van der Waals surface area contributed by atoms with Gasteiger partial charge in [-0.25, -0.2) is 0 Å². The second-order valence-electron chi connectivity index (χ2n) is 4.16. The van der Waals surface area contributed by atoms with Crippen LogP contribution in [-0.4, -0.2) is 13.2 Å². The molecule has 0 saturated heterocycles. The second kappa shape index (κ2) is 7.97. The van der Waals surface area contributed by atoms with Gasteiger partial charge in [0.2, 0.25) is 0 Å². The van der Waals surface area contributed by atoms with Gasteiger partial charge in [0.25, 0.3) is 0 Å². The molecular formula is C15H18BrNO. The molecule has 0 aliphatic carbocycles. The molecule has 1 aromatic carbocycles. The number of halogens is 1. The summed E-state index contributed by atoms with van der Waals surface area (Å²) in [6.45, 7) is 6.07. The zero-order valence-corrected chi connectivity index (χ0v) is 12.4. The van der Waals surface area contributed by atoms with Gasteiger partial charge >= 0.3 is 0 Å². The monoisotopic (exact) mass is 307 g/mol. The Morgan fingerprint density at radius 1 is 1.50 bits per heavy atom. The van der Waals surface area contributed by atoms with E-state index < -0.39 is 0 Å². The van der Waals surface area contributed by atoms with Crippen LogP contribution in [0.4, 0.5) is 0 Å². The molecule has 0 bridgehead atoms. The standard InChI is InChI=1S/C15H18BrNO/c1-4-9-18-15-6-5-14(16)10-13(15)11-17-8-7-12(2)3/h1,5-7,10,17H,8-9,11H2,2-3H3. The molecule has 0 unspecified atom stereocenters. The average Bonchev–Trinajstić information content (AvgIpc) is 2.33. The summed E-state index contributed by atoms with van der Waals surface area (Å²) >= 11 is 3.46. The van der Waals surface area contributed by atoms with E-state index in [0.717, 1.165) is 28.9 Å². The van der Waals surface area contributed by atoms with Gasteiger partial charge in [-0.2, -0.15) is 0 Å². The summed E-state index contributed by atoms with van der Waals surface area (Å²) in [5.41, 5.74) is 2.40. The molecule has 0 spiro atoms. The SMILES string of the molecule is C#CCOc1ccc(Br)cc1CNCC=C(C)C. The van der Waals surface area contributed by atoms with Crippen molar-refractivity contribution in [2.24, 2.45) is 0 Å². The zero-order chi connectivity index (χ0) is 13.4. The molecule has 1 rings (SSSR count). The molecule has 0 aromatic heterocycles. The van der Waals surface area contributed by atoms with Crippen LogP contribution in [0.15, 0.2) is 34.3 Å². The fourth-order valence-electron chi connectivity index (χ4n) is 1.43. The molecule has 18 heavy (non-hydrogen) atoms. The summed E-state index contributed by atoms with van der Waals surface area (Å²) in [5.74, 6) is 3.31. The van der Waals surface area contributed by atoms with E-state index >= 15 is 0 Å². The zero-order valence-electron chi connectivity index (χ0n) is 10.8. The molecule has 0 saturated carbocycles. The van der Waals surface area contributed by atoms with Gasteiger partial charge in [-0.3, -0.25) is 0 Å². The Labute approximate surface area is 118 Å². The molecular weight excluding hydrogens is 290 g/mol. The highest BCUT2D eigenvalue weighted by molar-refractivity contribution is 9.10. The number of nitrogens with one attached hydrogen (secondary N) is 1. The first-order valence-electron chi connectivity index (χ1n) is 5.82. The Hall–Kier alpha value is -1.24. The fourth-order valence-corrected chi connectivity index (χ4v) is 1.84. The van der Waals surface area contributed by atoms with E-state index in [4.69, 9.17) is 11.2 Å². The number of hydrogen-bond acceptors (Lipinski definition) is 2. The summed E-state index contributed by atoms with van der Waals surface area (Å²) in [5, 5.41) is 3.35. The van der Waals surface area contributed by atoms with Gasteiger partial charge in [-0.15, -0.1) is 6.42 Å². The van der Waals surface area contributed by atoms with Crippen LogP contribution in [0, 0.1) is 12.3 Å². The minimum absolute atomic E-state index is 0.294. The van der Waals surface area contributed by atoms with Crippen molar-refractivity contribution in [3.63, 3.8) is 0 Å². The van der Waals surface area contributed by atoms with Crippen LogP contribution in [0.5, 0.6) is 5.75 Å². The molecule has 0 aliphatic heterocycles. The van der Waals surface area contributed by atoms with E-state index in [2.05, 4.69) is 47.1 Å². The third-order valence-corrected chi connectivity index (χ3v) is 2.80. The van der Waals surface area contributed by atoms with Crippen LogP contribution in [0.3, 0.4) is 0 Å². The van der Waals surface area contributed by atoms with E-state index in [-0.39, 0.29) is 0 Å². The smallest absolute Gasteiger partial charge is 0.148 e. The third kappa shape index (κ3) is 5.39. The van der Waals surface area contributed by atoms with E-state index in [9.17, 15) is 0 Å². The van der Waals surface area contributed by atoms with Crippen LogP contribution in [0.1, 0.15) is 19.4 Å². The van der Waals surface area contributed by atoms with Gasteiger partial charge in [0.15, 0.2) is 0 Å². The predicted octanol–water partition coefficient (Wildman–Crippen LogP) is 3.52. The lowest BCUT2D eigenvalue weighted by molar-refractivity contribution is 0.365. The lowest BCUT2D eigenvalue weighted by atomic mass is 10.2. The van der Waals surface area contributed by atoms with Crippen molar-refractivity contribution in [1.29, 1.82) is 0 Å². The molecule has 3 heteroatoms. The van der Waals surface area contributed by atoms with Crippen molar-refractivity contribution in [2.45, 2.75) is 20.4 Å². The van der Waals surface area contributed by atoms with Gasteiger partial charge in [0.1, 0.15) is 12.4 Å². The maximum atomic E-state index is 5.51. The van der Waals surface area contributed by atoms with Crippen LogP contribution < -0.4 is 10.1 Å². The minimum Gasteiger partial charge on any atom is -0.481 e. The maximum absolute atomic E-state index is 5.51. The van der Waals surface area contributed by atoms with E-state index in [1.807, 2.05) is 18.2 Å². The van der Waals surface area contributed by atoms with Crippen molar-refractivity contribution in [2.75, 3.05) is 13.2 Å². The first-order chi connectivity index (χ1) is 8.63. The van der Waals surface area contributed by atoms with Crippen LogP contribution >= 0.6 is 15.9 Å². The normalized spacial score (nSPS) is 9.67. The molecule has 0 aliphatic rings. The van der Waals surface area contributed by atoms with E-state index in [0.29, 0.717) is 6.61 Å². The van der Waals surface area contributed by atoms with Gasteiger partial charge in [-0.05, 0) is 32.0 Å². The topological polar surface area (TPSA) is 21.3 Å². The van der Waals surface area contributed by atoms with Gasteiger partial charge in [-0.1, -0.05) is 33.5 Å².